The standard InChI is InChI=1S/C20H24F3N3O2/c21-20(22,23)16-5-8-19(27)26(13-16)12-15-3-6-17(7-4-15)24-9-1-2-18-14-28-11-10-25-18/h3-8,13,18,24-25H,1-2,9-12,14H2. The molecular weight excluding hydrogens is 371 g/mol. The Labute approximate surface area is 161 Å². The number of anilines is 1. The zero-order chi connectivity index (χ0) is 20.0. The van der Waals surface area contributed by atoms with Gasteiger partial charge in [0.1, 0.15) is 0 Å². The first-order valence-corrected chi connectivity index (χ1v) is 9.33. The number of ether oxygens (including phenoxy) is 1. The Morgan fingerprint density at radius 1 is 1.18 bits per heavy atom. The summed E-state index contributed by atoms with van der Waals surface area (Å²) >= 11 is 0. The highest BCUT2D eigenvalue weighted by molar-refractivity contribution is 5.44. The van der Waals surface area contributed by atoms with Gasteiger partial charge in [0.25, 0.3) is 5.56 Å². The highest BCUT2D eigenvalue weighted by Gasteiger charge is 2.31. The number of hydrogen-bond acceptors (Lipinski definition) is 4. The maximum absolute atomic E-state index is 12.8. The van der Waals surface area contributed by atoms with E-state index >= 15 is 0 Å². The lowest BCUT2D eigenvalue weighted by molar-refractivity contribution is -0.138. The molecule has 1 aliphatic heterocycles. The van der Waals surface area contributed by atoms with Crippen LogP contribution in [-0.2, 0) is 17.5 Å². The zero-order valence-electron chi connectivity index (χ0n) is 15.5. The molecule has 0 amide bonds. The number of hydrogen-bond donors (Lipinski definition) is 2. The first-order valence-electron chi connectivity index (χ1n) is 9.33. The number of benzene rings is 1. The summed E-state index contributed by atoms with van der Waals surface area (Å²) in [6, 6.07) is 9.53. The summed E-state index contributed by atoms with van der Waals surface area (Å²) in [5.41, 5.74) is 0.405. The molecule has 0 spiro atoms. The molecule has 0 saturated carbocycles. The van der Waals surface area contributed by atoms with Crippen molar-refractivity contribution in [3.63, 3.8) is 0 Å². The van der Waals surface area contributed by atoms with Crippen LogP contribution in [0.1, 0.15) is 24.0 Å². The van der Waals surface area contributed by atoms with Gasteiger partial charge in [0.05, 0.1) is 25.3 Å². The number of rotatable bonds is 7. The van der Waals surface area contributed by atoms with Crippen LogP contribution in [0.15, 0.2) is 47.4 Å². The van der Waals surface area contributed by atoms with E-state index in [-0.39, 0.29) is 6.54 Å². The van der Waals surface area contributed by atoms with E-state index < -0.39 is 17.3 Å². The second kappa shape index (κ2) is 9.25. The van der Waals surface area contributed by atoms with Gasteiger partial charge in [0.2, 0.25) is 0 Å². The van der Waals surface area contributed by atoms with Crippen LogP contribution in [0.3, 0.4) is 0 Å². The highest BCUT2D eigenvalue weighted by atomic mass is 19.4. The molecule has 1 fully saturated rings. The van der Waals surface area contributed by atoms with E-state index in [1.807, 2.05) is 24.3 Å². The third kappa shape index (κ3) is 5.84. The minimum Gasteiger partial charge on any atom is -0.385 e. The molecule has 2 N–H and O–H groups in total. The van der Waals surface area contributed by atoms with Gasteiger partial charge in [-0.05, 0) is 36.6 Å². The van der Waals surface area contributed by atoms with E-state index in [2.05, 4.69) is 10.6 Å². The van der Waals surface area contributed by atoms with Gasteiger partial charge in [0, 0.05) is 37.1 Å². The number of nitrogens with one attached hydrogen (secondary N) is 2. The third-order valence-electron chi connectivity index (χ3n) is 4.67. The van der Waals surface area contributed by atoms with Crippen molar-refractivity contribution in [2.24, 2.45) is 0 Å². The first-order chi connectivity index (χ1) is 13.4. The Kier molecular flexibility index (Phi) is 6.74. The maximum atomic E-state index is 12.8. The van der Waals surface area contributed by atoms with Crippen molar-refractivity contribution in [3.05, 3.63) is 64.1 Å². The minimum atomic E-state index is -4.47. The predicted octanol–water partition coefficient (Wildman–Crippen LogP) is 3.10. The number of alkyl halides is 3. The van der Waals surface area contributed by atoms with Gasteiger partial charge in [-0.25, -0.2) is 0 Å². The van der Waals surface area contributed by atoms with Gasteiger partial charge < -0.3 is 19.9 Å². The van der Waals surface area contributed by atoms with Crippen molar-refractivity contribution in [2.45, 2.75) is 31.6 Å². The highest BCUT2D eigenvalue weighted by Crippen LogP contribution is 2.28. The van der Waals surface area contributed by atoms with Gasteiger partial charge in [-0.3, -0.25) is 4.79 Å². The van der Waals surface area contributed by atoms with Crippen molar-refractivity contribution in [2.75, 3.05) is 31.6 Å². The molecule has 5 nitrogen and oxygen atoms in total. The van der Waals surface area contributed by atoms with Crippen LogP contribution in [0, 0.1) is 0 Å². The SMILES string of the molecule is O=c1ccc(C(F)(F)F)cn1Cc1ccc(NCCCC2COCCN2)cc1. The third-order valence-corrected chi connectivity index (χ3v) is 4.67. The summed E-state index contributed by atoms with van der Waals surface area (Å²) in [6.45, 7) is 3.34. The predicted molar refractivity (Wildman–Crippen MR) is 102 cm³/mol. The molecule has 28 heavy (non-hydrogen) atoms. The summed E-state index contributed by atoms with van der Waals surface area (Å²) in [4.78, 5) is 11.8. The Morgan fingerprint density at radius 3 is 2.64 bits per heavy atom. The van der Waals surface area contributed by atoms with E-state index in [9.17, 15) is 18.0 Å². The van der Waals surface area contributed by atoms with Gasteiger partial charge in [-0.2, -0.15) is 13.2 Å². The van der Waals surface area contributed by atoms with Crippen LogP contribution in [0.5, 0.6) is 0 Å². The molecule has 3 rings (SSSR count). The monoisotopic (exact) mass is 395 g/mol. The summed E-state index contributed by atoms with van der Waals surface area (Å²) in [7, 11) is 0. The van der Waals surface area contributed by atoms with Crippen molar-refractivity contribution in [1.82, 2.24) is 9.88 Å². The molecule has 1 atom stereocenters. The maximum Gasteiger partial charge on any atom is 0.417 e. The molecule has 2 heterocycles. The van der Waals surface area contributed by atoms with E-state index in [1.54, 1.807) is 0 Å². The molecule has 1 aliphatic rings. The van der Waals surface area contributed by atoms with Crippen LogP contribution >= 0.6 is 0 Å². The first kappa shape index (κ1) is 20.4. The number of halogens is 3. The summed E-state index contributed by atoms with van der Waals surface area (Å²) < 4.78 is 45.0. The van der Waals surface area contributed by atoms with Gasteiger partial charge in [-0.1, -0.05) is 12.1 Å². The quantitative estimate of drug-likeness (QED) is 0.708. The molecule has 2 aromatic rings. The number of nitrogens with zero attached hydrogens (tertiary/aromatic N) is 1. The van der Waals surface area contributed by atoms with E-state index in [1.165, 1.54) is 0 Å². The fourth-order valence-electron chi connectivity index (χ4n) is 3.13. The Hall–Kier alpha value is -2.32. The molecule has 1 aromatic heterocycles. The van der Waals surface area contributed by atoms with Crippen LogP contribution in [0.4, 0.5) is 18.9 Å². The molecule has 0 aliphatic carbocycles. The second-order valence-electron chi connectivity index (χ2n) is 6.87. The fraction of sp³-hybridized carbons (Fsp3) is 0.450. The van der Waals surface area contributed by atoms with Crippen LogP contribution < -0.4 is 16.2 Å². The van der Waals surface area contributed by atoms with Crippen LogP contribution in [0.2, 0.25) is 0 Å². The molecule has 0 bridgehead atoms. The average molecular weight is 395 g/mol. The molecule has 152 valence electrons. The molecular formula is C20H24F3N3O2. The fourth-order valence-corrected chi connectivity index (χ4v) is 3.13. The Balaban J connectivity index is 1.51. The average Bonchev–Trinajstić information content (AvgIpc) is 2.68. The van der Waals surface area contributed by atoms with Crippen LogP contribution in [0.25, 0.3) is 0 Å². The van der Waals surface area contributed by atoms with Crippen molar-refractivity contribution >= 4 is 5.69 Å². The largest absolute Gasteiger partial charge is 0.417 e. The molecule has 0 radical (unpaired) electrons. The Morgan fingerprint density at radius 2 is 1.96 bits per heavy atom. The topological polar surface area (TPSA) is 55.3 Å². The smallest absolute Gasteiger partial charge is 0.385 e. The van der Waals surface area contributed by atoms with Gasteiger partial charge >= 0.3 is 6.18 Å². The lowest BCUT2D eigenvalue weighted by Gasteiger charge is -2.23. The number of pyridine rings is 1. The van der Waals surface area contributed by atoms with E-state index in [4.69, 9.17) is 4.74 Å². The summed E-state index contributed by atoms with van der Waals surface area (Å²) in [5.74, 6) is 0. The van der Waals surface area contributed by atoms with Crippen molar-refractivity contribution in [3.8, 4) is 0 Å². The minimum absolute atomic E-state index is 0.0936. The second-order valence-corrected chi connectivity index (χ2v) is 6.87. The Bertz CT molecular complexity index is 813. The molecule has 1 saturated heterocycles. The number of aromatic nitrogens is 1. The van der Waals surface area contributed by atoms with E-state index in [0.29, 0.717) is 6.04 Å². The van der Waals surface area contributed by atoms with Crippen LogP contribution in [-0.4, -0.2) is 36.9 Å². The lowest BCUT2D eigenvalue weighted by atomic mass is 10.1. The van der Waals surface area contributed by atoms with Crippen molar-refractivity contribution in [1.29, 1.82) is 0 Å². The normalized spacial score (nSPS) is 17.5. The lowest BCUT2D eigenvalue weighted by Crippen LogP contribution is -2.41. The molecule has 1 aromatic carbocycles. The molecule has 1 unspecified atom stereocenters. The summed E-state index contributed by atoms with van der Waals surface area (Å²) in [5, 5.41) is 6.74. The van der Waals surface area contributed by atoms with Crippen molar-refractivity contribution < 1.29 is 17.9 Å². The number of morpholine rings is 1. The molecule has 8 heteroatoms. The van der Waals surface area contributed by atoms with Gasteiger partial charge in [0.15, 0.2) is 0 Å². The zero-order valence-corrected chi connectivity index (χ0v) is 15.5. The summed E-state index contributed by atoms with van der Waals surface area (Å²) in [6.07, 6.45) is -1.58. The van der Waals surface area contributed by atoms with Gasteiger partial charge in [-0.15, -0.1) is 0 Å². The van der Waals surface area contributed by atoms with E-state index in [0.717, 1.165) is 73.3 Å².